The number of nitrogens with zero attached hydrogens (tertiary/aromatic N) is 2. The number of pyridine rings is 2. The Bertz CT molecular complexity index is 2150. The quantitative estimate of drug-likeness (QED) is 0.140. The average molecular weight is 718 g/mol. The molecule has 0 amide bonds. The summed E-state index contributed by atoms with van der Waals surface area (Å²) >= 11 is 12.7. The van der Waals surface area contributed by atoms with Crippen molar-refractivity contribution in [2.24, 2.45) is 0 Å². The fourth-order valence-electron chi connectivity index (χ4n) is 5.61. The second-order valence-electron chi connectivity index (χ2n) is 11.2. The summed E-state index contributed by atoms with van der Waals surface area (Å²) in [5, 5.41) is 0.836. The van der Waals surface area contributed by atoms with E-state index in [-0.39, 0.29) is 11.1 Å². The Kier molecular flexibility index (Phi) is 9.96. The summed E-state index contributed by atoms with van der Waals surface area (Å²) in [5.74, 6) is -1.60. The van der Waals surface area contributed by atoms with E-state index in [1.165, 1.54) is 38.5 Å². The minimum atomic E-state index is -3.97. The summed E-state index contributed by atoms with van der Waals surface area (Å²) in [6.07, 6.45) is 6.44. The van der Waals surface area contributed by atoms with E-state index < -0.39 is 33.0 Å². The largest absolute Gasteiger partial charge is 0.495 e. The predicted molar refractivity (Wildman–Crippen MR) is 190 cm³/mol. The Morgan fingerprint density at radius 3 is 1.33 bits per heavy atom. The van der Waals surface area contributed by atoms with Crippen LogP contribution >= 0.6 is 23.2 Å². The topological polar surface area (TPSA) is 78.4 Å². The van der Waals surface area contributed by atoms with E-state index in [4.69, 9.17) is 32.7 Å². The van der Waals surface area contributed by atoms with E-state index in [2.05, 4.69) is 9.97 Å². The molecule has 2 heterocycles. The fourth-order valence-corrected chi connectivity index (χ4v) is 7.64. The van der Waals surface area contributed by atoms with Gasteiger partial charge in [0.25, 0.3) is 0 Å². The van der Waals surface area contributed by atoms with Gasteiger partial charge in [0.15, 0.2) is 9.84 Å². The highest BCUT2D eigenvalue weighted by molar-refractivity contribution is 7.89. The minimum absolute atomic E-state index is 0.0307. The second kappa shape index (κ2) is 14.3. The first-order valence-corrected chi connectivity index (χ1v) is 17.5. The van der Waals surface area contributed by atoms with Crippen LogP contribution in [0.15, 0.2) is 110 Å². The summed E-state index contributed by atoms with van der Waals surface area (Å²) < 4.78 is 67.8. The Balaban J connectivity index is 1.22. The molecular weight excluding hydrogens is 689 g/mol. The first kappa shape index (κ1) is 34.0. The lowest BCUT2D eigenvalue weighted by atomic mass is 9.96. The van der Waals surface area contributed by atoms with Crippen molar-refractivity contribution in [2.75, 3.05) is 14.2 Å². The number of ether oxygens (including phenoxy) is 2. The van der Waals surface area contributed by atoms with Crippen molar-refractivity contribution >= 4 is 33.0 Å². The lowest BCUT2D eigenvalue weighted by molar-refractivity contribution is 0.415. The highest BCUT2D eigenvalue weighted by atomic mass is 35.5. The molecule has 4 aromatic carbocycles. The van der Waals surface area contributed by atoms with E-state index in [1.807, 2.05) is 12.1 Å². The number of benzene rings is 4. The third kappa shape index (κ3) is 7.44. The molecule has 0 aliphatic carbocycles. The number of aromatic nitrogens is 2. The molecule has 248 valence electrons. The number of hydrogen-bond acceptors (Lipinski definition) is 6. The second-order valence-corrected chi connectivity index (χ2v) is 14.1. The van der Waals surface area contributed by atoms with Crippen LogP contribution in [-0.2, 0) is 21.3 Å². The summed E-state index contributed by atoms with van der Waals surface area (Å²) in [7, 11) is -0.922. The molecule has 11 heteroatoms. The van der Waals surface area contributed by atoms with Crippen LogP contribution in [0.1, 0.15) is 11.1 Å². The molecule has 0 N–H and O–H groups in total. The lowest BCUT2D eigenvalue weighted by Gasteiger charge is -2.13. The number of sulfone groups is 1. The van der Waals surface area contributed by atoms with Crippen LogP contribution in [0, 0.1) is 11.6 Å². The van der Waals surface area contributed by atoms with Gasteiger partial charge in [0, 0.05) is 47.0 Å². The molecule has 0 fully saturated rings. The first-order valence-electron chi connectivity index (χ1n) is 14.9. The van der Waals surface area contributed by atoms with Gasteiger partial charge in [-0.05, 0) is 81.9 Å². The van der Waals surface area contributed by atoms with Gasteiger partial charge in [-0.25, -0.2) is 17.2 Å². The summed E-state index contributed by atoms with van der Waals surface area (Å²) in [6.45, 7) is 0. The van der Waals surface area contributed by atoms with Crippen molar-refractivity contribution in [3.05, 3.63) is 143 Å². The molecule has 0 aliphatic heterocycles. The Labute approximate surface area is 292 Å². The molecule has 0 bridgehead atoms. The van der Waals surface area contributed by atoms with Crippen LogP contribution in [-0.4, -0.2) is 32.6 Å². The molecular formula is C38H28Cl2F2N2O4S. The standard InChI is InChI=1S/C38H28Cl2F2N2O4S/c1-47-37-9-7-23(15-33(37)39)29-11-13-43-19-31(29)25-3-5-27(35(41)17-25)21-49(45,46)22-28-6-4-26(18-36(28)42)32-20-44-14-12-30(32)24-8-10-38(48-2)34(40)16-24/h3-20H,21-22H2,1-2H3. The van der Waals surface area contributed by atoms with Crippen LogP contribution in [0.2, 0.25) is 10.0 Å². The number of halogens is 4. The van der Waals surface area contributed by atoms with Gasteiger partial charge < -0.3 is 9.47 Å². The normalized spacial score (nSPS) is 11.4. The maximum atomic E-state index is 15.4. The molecule has 0 radical (unpaired) electrons. The van der Waals surface area contributed by atoms with Gasteiger partial charge in [0.05, 0.1) is 35.8 Å². The van der Waals surface area contributed by atoms with Gasteiger partial charge >= 0.3 is 0 Å². The predicted octanol–water partition coefficient (Wildman–Crippen LogP) is 9.86. The fraction of sp³-hybridized carbons (Fsp3) is 0.105. The monoisotopic (exact) mass is 716 g/mol. The molecule has 6 nitrogen and oxygen atoms in total. The maximum Gasteiger partial charge on any atom is 0.158 e. The van der Waals surface area contributed by atoms with Gasteiger partial charge in [0.1, 0.15) is 23.1 Å². The molecule has 0 unspecified atom stereocenters. The van der Waals surface area contributed by atoms with Gasteiger partial charge in [0.2, 0.25) is 0 Å². The first-order chi connectivity index (χ1) is 23.6. The summed E-state index contributed by atoms with van der Waals surface area (Å²) in [5.41, 5.74) is 5.25. The molecule has 6 aromatic rings. The third-order valence-electron chi connectivity index (χ3n) is 8.05. The van der Waals surface area contributed by atoms with Crippen molar-refractivity contribution in [3.8, 4) is 56.0 Å². The minimum Gasteiger partial charge on any atom is -0.495 e. The Morgan fingerprint density at radius 1 is 0.571 bits per heavy atom. The average Bonchev–Trinajstić information content (AvgIpc) is 3.10. The van der Waals surface area contributed by atoms with E-state index in [0.29, 0.717) is 43.8 Å². The van der Waals surface area contributed by atoms with Crippen LogP contribution in [0.3, 0.4) is 0 Å². The van der Waals surface area contributed by atoms with Crippen molar-refractivity contribution < 1.29 is 26.7 Å². The molecule has 0 atom stereocenters. The zero-order chi connectivity index (χ0) is 34.7. The summed E-state index contributed by atoms with van der Waals surface area (Å²) in [4.78, 5) is 8.40. The van der Waals surface area contributed by atoms with E-state index in [9.17, 15) is 8.42 Å². The van der Waals surface area contributed by atoms with Gasteiger partial charge in [-0.2, -0.15) is 0 Å². The highest BCUT2D eigenvalue weighted by Gasteiger charge is 2.20. The van der Waals surface area contributed by atoms with Crippen molar-refractivity contribution in [3.63, 3.8) is 0 Å². The third-order valence-corrected chi connectivity index (χ3v) is 10.1. The zero-order valence-corrected chi connectivity index (χ0v) is 28.6. The Morgan fingerprint density at radius 2 is 0.959 bits per heavy atom. The van der Waals surface area contributed by atoms with Crippen molar-refractivity contribution in [2.45, 2.75) is 11.5 Å². The van der Waals surface area contributed by atoms with Gasteiger partial charge in [-0.15, -0.1) is 0 Å². The van der Waals surface area contributed by atoms with E-state index in [0.717, 1.165) is 22.3 Å². The number of hydrogen-bond donors (Lipinski definition) is 0. The Hall–Kier alpha value is -4.83. The zero-order valence-electron chi connectivity index (χ0n) is 26.3. The number of methoxy groups -OCH3 is 2. The SMILES string of the molecule is COc1ccc(-c2ccncc2-c2ccc(CS(=O)(=O)Cc3ccc(-c4cnccc4-c4ccc(OC)c(Cl)c4)cc3F)c(F)c2)cc1Cl. The van der Waals surface area contributed by atoms with Crippen molar-refractivity contribution in [1.82, 2.24) is 9.97 Å². The van der Waals surface area contributed by atoms with E-state index in [1.54, 1.807) is 73.3 Å². The van der Waals surface area contributed by atoms with Crippen molar-refractivity contribution in [1.29, 1.82) is 0 Å². The van der Waals surface area contributed by atoms with Crippen LogP contribution < -0.4 is 9.47 Å². The number of rotatable bonds is 10. The van der Waals surface area contributed by atoms with Crippen LogP contribution in [0.4, 0.5) is 8.78 Å². The molecule has 6 rings (SSSR count). The van der Waals surface area contributed by atoms with Gasteiger partial charge in [-0.1, -0.05) is 59.6 Å². The smallest absolute Gasteiger partial charge is 0.158 e. The molecule has 0 aliphatic rings. The lowest BCUT2D eigenvalue weighted by Crippen LogP contribution is -2.10. The molecule has 49 heavy (non-hydrogen) atoms. The molecule has 0 saturated heterocycles. The highest BCUT2D eigenvalue weighted by Crippen LogP contribution is 2.38. The summed E-state index contributed by atoms with van der Waals surface area (Å²) in [6, 6.07) is 22.9. The van der Waals surface area contributed by atoms with Crippen LogP contribution in [0.25, 0.3) is 44.5 Å². The van der Waals surface area contributed by atoms with Gasteiger partial charge in [-0.3, -0.25) is 9.97 Å². The molecule has 2 aromatic heterocycles. The maximum absolute atomic E-state index is 15.4. The van der Waals surface area contributed by atoms with Crippen LogP contribution in [0.5, 0.6) is 11.5 Å². The molecule has 0 saturated carbocycles. The van der Waals surface area contributed by atoms with E-state index >= 15 is 8.78 Å². The molecule has 0 spiro atoms.